The second-order valence-corrected chi connectivity index (χ2v) is 6.11. The van der Waals surface area contributed by atoms with Gasteiger partial charge >= 0.3 is 0 Å². The number of rotatable bonds is 6. The van der Waals surface area contributed by atoms with Crippen molar-refractivity contribution in [1.82, 2.24) is 20.6 Å². The molecule has 28 heavy (non-hydrogen) atoms. The number of carbonyl (C=O) groups excluding carboxylic acids is 1. The standard InChI is InChI=1S/C21H19N5O2/c1-2-28-16-9-7-14(8-10-16)19-11-20(25-24-19)21(27)26-23-13-15-12-22-18-6-4-3-5-17(15)18/h3-13,22H,2H2,1H3,(H,24,25)(H,26,27)/b23-13-. The molecule has 0 radical (unpaired) electrons. The third kappa shape index (κ3) is 3.64. The number of benzene rings is 2. The number of carbonyl (C=O) groups is 1. The highest BCUT2D eigenvalue weighted by molar-refractivity contribution is 6.00. The van der Waals surface area contributed by atoms with Crippen LogP contribution < -0.4 is 10.2 Å². The largest absolute Gasteiger partial charge is 0.494 e. The first kappa shape index (κ1) is 17.5. The van der Waals surface area contributed by atoms with Gasteiger partial charge in [-0.2, -0.15) is 10.2 Å². The molecule has 1 amide bonds. The van der Waals surface area contributed by atoms with Crippen LogP contribution in [0.5, 0.6) is 5.75 Å². The molecule has 7 heteroatoms. The van der Waals surface area contributed by atoms with Gasteiger partial charge in [-0.15, -0.1) is 0 Å². The maximum atomic E-state index is 12.3. The van der Waals surface area contributed by atoms with Crippen LogP contribution in [0.15, 0.2) is 65.9 Å². The van der Waals surface area contributed by atoms with E-state index in [4.69, 9.17) is 4.74 Å². The van der Waals surface area contributed by atoms with E-state index in [1.807, 2.05) is 61.7 Å². The zero-order chi connectivity index (χ0) is 19.3. The maximum Gasteiger partial charge on any atom is 0.289 e. The van der Waals surface area contributed by atoms with Gasteiger partial charge in [0.25, 0.3) is 5.91 Å². The zero-order valence-electron chi connectivity index (χ0n) is 15.3. The van der Waals surface area contributed by atoms with Crippen molar-refractivity contribution < 1.29 is 9.53 Å². The first-order chi connectivity index (χ1) is 13.7. The van der Waals surface area contributed by atoms with Crippen molar-refractivity contribution in [1.29, 1.82) is 0 Å². The number of para-hydroxylation sites is 1. The molecule has 3 N–H and O–H groups in total. The summed E-state index contributed by atoms with van der Waals surface area (Å²) in [6.45, 7) is 2.55. The molecule has 0 aliphatic rings. The molecule has 0 atom stereocenters. The highest BCUT2D eigenvalue weighted by atomic mass is 16.5. The summed E-state index contributed by atoms with van der Waals surface area (Å²) in [5, 5.41) is 12.0. The second-order valence-electron chi connectivity index (χ2n) is 6.11. The van der Waals surface area contributed by atoms with Crippen LogP contribution in [0, 0.1) is 0 Å². The van der Waals surface area contributed by atoms with Gasteiger partial charge in [0, 0.05) is 28.2 Å². The molecule has 0 fully saturated rings. The summed E-state index contributed by atoms with van der Waals surface area (Å²) >= 11 is 0. The van der Waals surface area contributed by atoms with Crippen LogP contribution in [0.4, 0.5) is 0 Å². The molecule has 0 aliphatic carbocycles. The fraction of sp³-hybridized carbons (Fsp3) is 0.0952. The molecule has 0 unspecified atom stereocenters. The van der Waals surface area contributed by atoms with Crippen LogP contribution in [0.1, 0.15) is 23.0 Å². The Labute approximate surface area is 161 Å². The van der Waals surface area contributed by atoms with Crippen LogP contribution in [0.25, 0.3) is 22.2 Å². The fourth-order valence-corrected chi connectivity index (χ4v) is 2.90. The average Bonchev–Trinajstić information content (AvgIpc) is 3.37. The van der Waals surface area contributed by atoms with Gasteiger partial charge in [0.2, 0.25) is 0 Å². The molecule has 0 saturated heterocycles. The monoisotopic (exact) mass is 373 g/mol. The lowest BCUT2D eigenvalue weighted by Gasteiger charge is -2.02. The number of nitrogens with zero attached hydrogens (tertiary/aromatic N) is 2. The lowest BCUT2D eigenvalue weighted by molar-refractivity contribution is 0.0950. The smallest absolute Gasteiger partial charge is 0.289 e. The van der Waals surface area contributed by atoms with E-state index in [0.29, 0.717) is 18.0 Å². The quantitative estimate of drug-likeness (QED) is 0.355. The molecule has 0 spiro atoms. The number of hydrogen-bond acceptors (Lipinski definition) is 4. The third-order valence-electron chi connectivity index (χ3n) is 4.27. The molecule has 0 aliphatic heterocycles. The van der Waals surface area contributed by atoms with Gasteiger partial charge in [0.05, 0.1) is 18.5 Å². The van der Waals surface area contributed by atoms with Crippen molar-refractivity contribution in [2.45, 2.75) is 6.92 Å². The molecule has 0 bridgehead atoms. The van der Waals surface area contributed by atoms with Crippen molar-refractivity contribution >= 4 is 23.0 Å². The topological polar surface area (TPSA) is 95.2 Å². The Hall–Kier alpha value is -3.87. The van der Waals surface area contributed by atoms with Crippen molar-refractivity contribution in [3.63, 3.8) is 0 Å². The van der Waals surface area contributed by atoms with E-state index in [2.05, 4.69) is 25.7 Å². The number of nitrogens with one attached hydrogen (secondary N) is 3. The minimum Gasteiger partial charge on any atom is -0.494 e. The summed E-state index contributed by atoms with van der Waals surface area (Å²) in [5.41, 5.74) is 6.33. The first-order valence-electron chi connectivity index (χ1n) is 8.93. The van der Waals surface area contributed by atoms with Crippen LogP contribution in [-0.4, -0.2) is 33.9 Å². The van der Waals surface area contributed by atoms with Gasteiger partial charge in [-0.3, -0.25) is 9.89 Å². The molecule has 2 aromatic heterocycles. The van der Waals surface area contributed by atoms with Crippen molar-refractivity contribution in [2.24, 2.45) is 5.10 Å². The zero-order valence-corrected chi connectivity index (χ0v) is 15.3. The molecule has 0 saturated carbocycles. The first-order valence-corrected chi connectivity index (χ1v) is 8.93. The molecule has 2 aromatic carbocycles. The summed E-state index contributed by atoms with van der Waals surface area (Å²) in [4.78, 5) is 15.5. The van der Waals surface area contributed by atoms with Crippen molar-refractivity contribution in [3.05, 3.63) is 72.1 Å². The molecule has 4 aromatic rings. The van der Waals surface area contributed by atoms with Gasteiger partial charge in [-0.1, -0.05) is 18.2 Å². The van der Waals surface area contributed by atoms with Gasteiger partial charge in [0.15, 0.2) is 0 Å². The summed E-state index contributed by atoms with van der Waals surface area (Å²) in [7, 11) is 0. The second kappa shape index (κ2) is 7.79. The van der Waals surface area contributed by atoms with E-state index in [0.717, 1.165) is 27.8 Å². The fourth-order valence-electron chi connectivity index (χ4n) is 2.90. The van der Waals surface area contributed by atoms with Crippen LogP contribution in [-0.2, 0) is 0 Å². The summed E-state index contributed by atoms with van der Waals surface area (Å²) < 4.78 is 5.43. The number of H-pyrrole nitrogens is 2. The SMILES string of the molecule is CCOc1ccc(-c2cc(C(=O)N/N=C\c3c[nH]c4ccccc34)[nH]n2)cc1. The van der Waals surface area contributed by atoms with Crippen LogP contribution >= 0.6 is 0 Å². The van der Waals surface area contributed by atoms with Gasteiger partial charge in [0.1, 0.15) is 11.4 Å². The van der Waals surface area contributed by atoms with Crippen molar-refractivity contribution in [2.75, 3.05) is 6.61 Å². The maximum absolute atomic E-state index is 12.3. The molecular weight excluding hydrogens is 354 g/mol. The Morgan fingerprint density at radius 2 is 2.04 bits per heavy atom. The average molecular weight is 373 g/mol. The minimum absolute atomic E-state index is 0.333. The number of aromatic amines is 2. The molecule has 4 rings (SSSR count). The lowest BCUT2D eigenvalue weighted by Crippen LogP contribution is -2.17. The van der Waals surface area contributed by atoms with E-state index < -0.39 is 0 Å². The van der Waals surface area contributed by atoms with E-state index in [9.17, 15) is 4.79 Å². The van der Waals surface area contributed by atoms with Gasteiger partial charge in [-0.25, -0.2) is 5.43 Å². The number of aromatic nitrogens is 3. The highest BCUT2D eigenvalue weighted by Crippen LogP contribution is 2.21. The molecule has 2 heterocycles. The molecule has 7 nitrogen and oxygen atoms in total. The predicted octanol–water partition coefficient (Wildman–Crippen LogP) is 3.72. The van der Waals surface area contributed by atoms with E-state index in [1.54, 1.807) is 12.3 Å². The lowest BCUT2D eigenvalue weighted by atomic mass is 10.1. The van der Waals surface area contributed by atoms with Crippen LogP contribution in [0.3, 0.4) is 0 Å². The normalized spacial score (nSPS) is 11.2. The number of hydrazone groups is 1. The van der Waals surface area contributed by atoms with Crippen LogP contribution in [0.2, 0.25) is 0 Å². The third-order valence-corrected chi connectivity index (χ3v) is 4.27. The Morgan fingerprint density at radius 1 is 1.21 bits per heavy atom. The summed E-state index contributed by atoms with van der Waals surface area (Å²) in [6.07, 6.45) is 3.46. The van der Waals surface area contributed by atoms with E-state index in [1.165, 1.54) is 0 Å². The number of ether oxygens (including phenoxy) is 1. The number of amides is 1. The summed E-state index contributed by atoms with van der Waals surface area (Å²) in [6, 6.07) is 17.1. The highest BCUT2D eigenvalue weighted by Gasteiger charge is 2.10. The summed E-state index contributed by atoms with van der Waals surface area (Å²) in [5.74, 6) is 0.437. The predicted molar refractivity (Wildman–Crippen MR) is 109 cm³/mol. The molecular formula is C21H19N5O2. The van der Waals surface area contributed by atoms with Gasteiger partial charge in [-0.05, 0) is 43.3 Å². The minimum atomic E-state index is -0.360. The van der Waals surface area contributed by atoms with Gasteiger partial charge < -0.3 is 9.72 Å². The Bertz CT molecular complexity index is 1130. The van der Waals surface area contributed by atoms with E-state index >= 15 is 0 Å². The Balaban J connectivity index is 1.43. The van der Waals surface area contributed by atoms with E-state index in [-0.39, 0.29) is 5.91 Å². The Kier molecular flexibility index (Phi) is 4.88. The molecule has 140 valence electrons. The van der Waals surface area contributed by atoms with Crippen molar-refractivity contribution in [3.8, 4) is 17.0 Å². The number of fused-ring (bicyclic) bond motifs is 1. The Morgan fingerprint density at radius 3 is 2.86 bits per heavy atom. The number of hydrogen-bond donors (Lipinski definition) is 3.